The molecule has 9 heteroatoms. The summed E-state index contributed by atoms with van der Waals surface area (Å²) in [6.45, 7) is 6.90. The van der Waals surface area contributed by atoms with Crippen molar-refractivity contribution in [3.05, 3.63) is 51.1 Å². The Balaban J connectivity index is 1.63. The maximum absolute atomic E-state index is 14.7. The standard InChI is InChI=1S/C23H25FIN5OS/c1-23(2)10-15-18(21(31)28-14-5-6-26-11-14)22(29-17-4-3-13(25)9-16(17)24)32-19(15)20-27-7-8-30(20)12-23/h3-4,7-9,14,26,29H,5-6,10-12H2,1-2H3,(H,28,31). The van der Waals surface area contributed by atoms with Gasteiger partial charge in [0, 0.05) is 35.1 Å². The average Bonchev–Trinajstić information content (AvgIpc) is 3.43. The highest BCUT2D eigenvalue weighted by Gasteiger charge is 2.35. The van der Waals surface area contributed by atoms with Crippen molar-refractivity contribution in [1.29, 1.82) is 0 Å². The summed E-state index contributed by atoms with van der Waals surface area (Å²) < 4.78 is 17.6. The van der Waals surface area contributed by atoms with Crippen molar-refractivity contribution in [2.45, 2.75) is 39.3 Å². The molecule has 1 saturated heterocycles. The third-order valence-electron chi connectivity index (χ3n) is 5.98. The number of benzene rings is 1. The second kappa shape index (κ2) is 8.42. The smallest absolute Gasteiger partial charge is 0.254 e. The fraction of sp³-hybridized carbons (Fsp3) is 0.391. The van der Waals surface area contributed by atoms with Crippen molar-refractivity contribution >= 4 is 50.5 Å². The number of hydrogen-bond acceptors (Lipinski definition) is 5. The van der Waals surface area contributed by atoms with E-state index in [1.54, 1.807) is 12.3 Å². The summed E-state index contributed by atoms with van der Waals surface area (Å²) in [5, 5.41) is 10.4. The molecule has 0 radical (unpaired) electrons. The zero-order valence-corrected chi connectivity index (χ0v) is 20.9. The topological polar surface area (TPSA) is 71.0 Å². The molecule has 4 heterocycles. The Morgan fingerprint density at radius 3 is 3.00 bits per heavy atom. The summed E-state index contributed by atoms with van der Waals surface area (Å²) in [5.41, 5.74) is 1.90. The molecule has 1 amide bonds. The Morgan fingerprint density at radius 1 is 1.41 bits per heavy atom. The SMILES string of the molecule is CC1(C)Cc2c(sc(Nc3ccc(I)cc3F)c2C(=O)NC2CCNC2)-c2nccn2C1. The first-order valence-corrected chi connectivity index (χ1v) is 12.6. The lowest BCUT2D eigenvalue weighted by Gasteiger charge is -2.24. The summed E-state index contributed by atoms with van der Waals surface area (Å²) in [7, 11) is 0. The van der Waals surface area contributed by atoms with Gasteiger partial charge in [0.15, 0.2) is 0 Å². The number of hydrogen-bond donors (Lipinski definition) is 3. The minimum Gasteiger partial charge on any atom is -0.348 e. The van der Waals surface area contributed by atoms with Crippen LogP contribution in [0.25, 0.3) is 10.7 Å². The van der Waals surface area contributed by atoms with Crippen LogP contribution in [0.4, 0.5) is 15.1 Å². The molecule has 0 aliphatic carbocycles. The highest BCUT2D eigenvalue weighted by molar-refractivity contribution is 14.1. The van der Waals surface area contributed by atoms with E-state index in [-0.39, 0.29) is 23.2 Å². The van der Waals surface area contributed by atoms with Gasteiger partial charge >= 0.3 is 0 Å². The van der Waals surface area contributed by atoms with E-state index < -0.39 is 0 Å². The Bertz CT molecular complexity index is 1180. The molecule has 1 aromatic carbocycles. The predicted molar refractivity (Wildman–Crippen MR) is 134 cm³/mol. The molecule has 0 spiro atoms. The Morgan fingerprint density at radius 2 is 2.25 bits per heavy atom. The lowest BCUT2D eigenvalue weighted by Crippen LogP contribution is -2.37. The zero-order chi connectivity index (χ0) is 22.5. The number of amides is 1. The second-order valence-electron chi connectivity index (χ2n) is 9.25. The number of rotatable bonds is 4. The molecule has 3 aromatic rings. The first-order chi connectivity index (χ1) is 15.3. The van der Waals surface area contributed by atoms with E-state index in [9.17, 15) is 9.18 Å². The molecular weight excluding hydrogens is 540 g/mol. The highest BCUT2D eigenvalue weighted by atomic mass is 127. The van der Waals surface area contributed by atoms with E-state index in [2.05, 4.69) is 61.9 Å². The molecule has 5 rings (SSSR count). The van der Waals surface area contributed by atoms with Crippen LogP contribution in [-0.4, -0.2) is 34.6 Å². The van der Waals surface area contributed by atoms with E-state index in [0.717, 1.165) is 52.3 Å². The first-order valence-electron chi connectivity index (χ1n) is 10.7. The van der Waals surface area contributed by atoms with Crippen molar-refractivity contribution in [3.8, 4) is 10.7 Å². The summed E-state index contributed by atoms with van der Waals surface area (Å²) >= 11 is 3.57. The van der Waals surface area contributed by atoms with Crippen LogP contribution in [0.15, 0.2) is 30.6 Å². The highest BCUT2D eigenvalue weighted by Crippen LogP contribution is 2.46. The minimum absolute atomic E-state index is 0.0584. The van der Waals surface area contributed by atoms with Crippen LogP contribution in [-0.2, 0) is 13.0 Å². The van der Waals surface area contributed by atoms with Gasteiger partial charge in [0.1, 0.15) is 16.6 Å². The molecule has 1 unspecified atom stereocenters. The lowest BCUT2D eigenvalue weighted by molar-refractivity contribution is 0.0940. The van der Waals surface area contributed by atoms with E-state index in [1.807, 2.05) is 12.3 Å². The van der Waals surface area contributed by atoms with Gasteiger partial charge in [-0.3, -0.25) is 4.79 Å². The van der Waals surface area contributed by atoms with Crippen LogP contribution in [0.2, 0.25) is 0 Å². The molecule has 2 aromatic heterocycles. The van der Waals surface area contributed by atoms with Crippen LogP contribution in [0.1, 0.15) is 36.2 Å². The summed E-state index contributed by atoms with van der Waals surface area (Å²) in [6.07, 6.45) is 5.44. The van der Waals surface area contributed by atoms with Gasteiger partial charge in [-0.2, -0.15) is 0 Å². The van der Waals surface area contributed by atoms with Crippen LogP contribution < -0.4 is 16.0 Å². The molecular formula is C23H25FIN5OS. The monoisotopic (exact) mass is 565 g/mol. The average molecular weight is 565 g/mol. The third-order valence-corrected chi connectivity index (χ3v) is 7.80. The van der Waals surface area contributed by atoms with E-state index in [1.165, 1.54) is 17.4 Å². The predicted octanol–water partition coefficient (Wildman–Crippen LogP) is 4.77. The van der Waals surface area contributed by atoms with E-state index >= 15 is 0 Å². The lowest BCUT2D eigenvalue weighted by atomic mass is 9.85. The van der Waals surface area contributed by atoms with Crippen LogP contribution in [0.5, 0.6) is 0 Å². The van der Waals surface area contributed by atoms with Crippen molar-refractivity contribution in [2.75, 3.05) is 18.4 Å². The fourth-order valence-corrected chi connectivity index (χ4v) is 6.23. The molecule has 32 heavy (non-hydrogen) atoms. The minimum atomic E-state index is -0.339. The molecule has 1 fully saturated rings. The van der Waals surface area contributed by atoms with Crippen molar-refractivity contribution in [1.82, 2.24) is 20.2 Å². The summed E-state index contributed by atoms with van der Waals surface area (Å²) in [4.78, 5) is 19.1. The number of nitrogens with one attached hydrogen (secondary N) is 3. The molecule has 3 N–H and O–H groups in total. The number of fused-ring (bicyclic) bond motifs is 3. The molecule has 6 nitrogen and oxygen atoms in total. The van der Waals surface area contributed by atoms with Gasteiger partial charge in [0.05, 0.1) is 16.1 Å². The van der Waals surface area contributed by atoms with Gasteiger partial charge in [-0.05, 0) is 71.2 Å². The fourth-order valence-electron chi connectivity index (χ4n) is 4.53. The Hall–Kier alpha value is -1.98. The molecule has 168 valence electrons. The number of aromatic nitrogens is 2. The van der Waals surface area contributed by atoms with E-state index in [0.29, 0.717) is 16.3 Å². The Kier molecular flexibility index (Phi) is 5.75. The van der Waals surface area contributed by atoms with E-state index in [4.69, 9.17) is 0 Å². The van der Waals surface area contributed by atoms with Gasteiger partial charge in [0.2, 0.25) is 0 Å². The molecule has 0 bridgehead atoms. The van der Waals surface area contributed by atoms with Crippen molar-refractivity contribution < 1.29 is 9.18 Å². The maximum Gasteiger partial charge on any atom is 0.254 e. The van der Waals surface area contributed by atoms with Crippen LogP contribution in [0, 0.1) is 14.8 Å². The number of halogens is 2. The van der Waals surface area contributed by atoms with Crippen LogP contribution in [0.3, 0.4) is 0 Å². The molecule has 2 aliphatic heterocycles. The van der Waals surface area contributed by atoms with Crippen molar-refractivity contribution in [2.24, 2.45) is 5.41 Å². The van der Waals surface area contributed by atoms with Gasteiger partial charge < -0.3 is 20.5 Å². The van der Waals surface area contributed by atoms with Gasteiger partial charge in [0.25, 0.3) is 5.91 Å². The summed E-state index contributed by atoms with van der Waals surface area (Å²) in [5.74, 6) is 0.414. The third kappa shape index (κ3) is 4.17. The largest absolute Gasteiger partial charge is 0.348 e. The number of nitrogens with zero attached hydrogens (tertiary/aromatic N) is 2. The normalized spacial score (nSPS) is 19.2. The number of carbonyl (C=O) groups is 1. The quantitative estimate of drug-likeness (QED) is 0.399. The van der Waals surface area contributed by atoms with Gasteiger partial charge in [-0.25, -0.2) is 9.37 Å². The number of imidazole rings is 1. The summed E-state index contributed by atoms with van der Waals surface area (Å²) in [6, 6.07) is 5.16. The van der Waals surface area contributed by atoms with Crippen molar-refractivity contribution in [3.63, 3.8) is 0 Å². The van der Waals surface area contributed by atoms with Gasteiger partial charge in [-0.15, -0.1) is 11.3 Å². The number of thiophene rings is 1. The number of anilines is 2. The van der Waals surface area contributed by atoms with Crippen LogP contribution >= 0.6 is 33.9 Å². The maximum atomic E-state index is 14.7. The molecule has 2 aliphatic rings. The first kappa shape index (κ1) is 21.8. The van der Waals surface area contributed by atoms with Gasteiger partial charge in [-0.1, -0.05) is 13.8 Å². The molecule has 1 atom stereocenters. The zero-order valence-electron chi connectivity index (χ0n) is 18.0. The molecule has 0 saturated carbocycles. The number of carbonyl (C=O) groups excluding carboxylic acids is 1. The second-order valence-corrected chi connectivity index (χ2v) is 11.5. The Labute approximate surface area is 204 Å².